The first-order chi connectivity index (χ1) is 3.95. The van der Waals surface area contributed by atoms with Gasteiger partial charge in [-0.15, -0.1) is 0 Å². The molecule has 0 spiro atoms. The third-order valence-electron chi connectivity index (χ3n) is 0.891. The van der Waals surface area contributed by atoms with Crippen LogP contribution in [0.3, 0.4) is 0 Å². The molecule has 0 radical (unpaired) electrons. The van der Waals surface area contributed by atoms with Gasteiger partial charge in [0.05, 0.1) is 10.1 Å². The number of nitrogens with two attached hydrogens (primary N) is 1. The summed E-state index contributed by atoms with van der Waals surface area (Å²) in [5, 5.41) is 0. The molecule has 4 nitrogen and oxygen atoms in total. The minimum absolute atomic E-state index is 0. The summed E-state index contributed by atoms with van der Waals surface area (Å²) < 4.78 is 30.0. The second-order valence-corrected chi connectivity index (χ2v) is 3.51. The molecule has 1 unspecified atom stereocenters. The molecule has 0 aliphatic carbocycles. The van der Waals surface area contributed by atoms with Gasteiger partial charge in [0.2, 0.25) is 0 Å². The molecule has 1 atom stereocenters. The topological polar surface area (TPSA) is 83.2 Å². The third-order valence-corrected chi connectivity index (χ3v) is 1.87. The molecule has 0 amide bonds. The Bertz CT molecular complexity index is 167. The molecule has 0 aromatic rings. The Kier molecular flexibility index (Phi) is 7.42. The molecular weight excluding hydrogens is 165 g/mol. The monoisotopic (exact) mass is 175 g/mol. The van der Waals surface area contributed by atoms with Crippen LogP contribution < -0.4 is 35.3 Å². The Balaban J connectivity index is 0. The van der Waals surface area contributed by atoms with Crippen molar-refractivity contribution in [3.05, 3.63) is 0 Å². The molecule has 0 fully saturated rings. The van der Waals surface area contributed by atoms with Gasteiger partial charge in [0.25, 0.3) is 0 Å². The van der Waals surface area contributed by atoms with Gasteiger partial charge in [-0.25, -0.2) is 8.42 Å². The van der Waals surface area contributed by atoms with E-state index in [-0.39, 0.29) is 47.8 Å². The molecule has 0 aromatic carbocycles. The van der Waals surface area contributed by atoms with E-state index in [0.29, 0.717) is 0 Å². The molecule has 0 aliphatic heterocycles. The minimum Gasteiger partial charge on any atom is -0.748 e. The van der Waals surface area contributed by atoms with Crippen molar-refractivity contribution in [2.24, 2.45) is 11.7 Å². The van der Waals surface area contributed by atoms with Gasteiger partial charge in [-0.3, -0.25) is 0 Å². The average Bonchev–Trinajstić information content (AvgIpc) is 1.62. The second-order valence-electron chi connectivity index (χ2n) is 2.07. The van der Waals surface area contributed by atoms with Crippen molar-refractivity contribution in [2.75, 3.05) is 12.3 Å². The average molecular weight is 175 g/mol. The Morgan fingerprint density at radius 2 is 2.00 bits per heavy atom. The van der Waals surface area contributed by atoms with Gasteiger partial charge < -0.3 is 10.3 Å². The van der Waals surface area contributed by atoms with Crippen molar-refractivity contribution >= 4 is 10.1 Å². The summed E-state index contributed by atoms with van der Waals surface area (Å²) in [7, 11) is -4.07. The summed E-state index contributed by atoms with van der Waals surface area (Å²) in [6.07, 6.45) is 0. The fourth-order valence-corrected chi connectivity index (χ4v) is 1.25. The van der Waals surface area contributed by atoms with Crippen LogP contribution in [-0.2, 0) is 10.1 Å². The molecule has 6 heteroatoms. The van der Waals surface area contributed by atoms with Crippen molar-refractivity contribution in [1.29, 1.82) is 0 Å². The summed E-state index contributed by atoms with van der Waals surface area (Å²) >= 11 is 0. The normalized spacial score (nSPS) is 13.9. The predicted molar refractivity (Wildman–Crippen MR) is 32.8 cm³/mol. The summed E-state index contributed by atoms with van der Waals surface area (Å²) in [5.74, 6) is -0.587. The van der Waals surface area contributed by atoms with Gasteiger partial charge in [-0.05, 0) is 12.5 Å². The first-order valence-electron chi connectivity index (χ1n) is 2.59. The second kappa shape index (κ2) is 5.51. The Hall–Kier alpha value is 0.870. The van der Waals surface area contributed by atoms with E-state index < -0.39 is 10.1 Å². The van der Waals surface area contributed by atoms with Crippen LogP contribution in [0.2, 0.25) is 0 Å². The number of hydrogen-bond acceptors (Lipinski definition) is 4. The van der Waals surface area contributed by atoms with E-state index in [1.165, 1.54) is 0 Å². The minimum atomic E-state index is -4.07. The van der Waals surface area contributed by atoms with Crippen molar-refractivity contribution < 1.29 is 42.5 Å². The Morgan fingerprint density at radius 1 is 1.60 bits per heavy atom. The summed E-state index contributed by atoms with van der Waals surface area (Å²) in [6, 6.07) is 0. The smallest absolute Gasteiger partial charge is 0.748 e. The van der Waals surface area contributed by atoms with Crippen LogP contribution in [0.15, 0.2) is 0 Å². The van der Waals surface area contributed by atoms with E-state index in [9.17, 15) is 13.0 Å². The van der Waals surface area contributed by atoms with Crippen LogP contribution >= 0.6 is 0 Å². The first kappa shape index (κ1) is 13.5. The molecule has 0 aromatic heterocycles. The summed E-state index contributed by atoms with van der Waals surface area (Å²) in [4.78, 5) is 0. The van der Waals surface area contributed by atoms with Crippen molar-refractivity contribution in [2.45, 2.75) is 6.92 Å². The molecule has 56 valence electrons. The number of hydrogen-bond donors (Lipinski definition) is 1. The SMILES string of the molecule is CC(CN)CS(=O)(=O)[O-].[Na+]. The maximum Gasteiger partial charge on any atom is 1.00 e. The molecule has 0 saturated heterocycles. The van der Waals surface area contributed by atoms with Gasteiger partial charge in [-0.1, -0.05) is 6.92 Å². The van der Waals surface area contributed by atoms with Crippen LogP contribution in [0, 0.1) is 5.92 Å². The van der Waals surface area contributed by atoms with Crippen LogP contribution in [-0.4, -0.2) is 25.3 Å². The largest absolute Gasteiger partial charge is 1.00 e. The fraction of sp³-hybridized carbons (Fsp3) is 1.00. The van der Waals surface area contributed by atoms with E-state index in [2.05, 4.69) is 0 Å². The molecule has 0 saturated carbocycles. The Labute approximate surface area is 83.2 Å². The maximum atomic E-state index is 9.99. The molecule has 0 rings (SSSR count). The van der Waals surface area contributed by atoms with Crippen molar-refractivity contribution in [1.82, 2.24) is 0 Å². The van der Waals surface area contributed by atoms with E-state index in [4.69, 9.17) is 5.73 Å². The van der Waals surface area contributed by atoms with E-state index >= 15 is 0 Å². The quantitative estimate of drug-likeness (QED) is 0.351. The fourth-order valence-electron chi connectivity index (χ4n) is 0.417. The molecule has 2 N–H and O–H groups in total. The standard InChI is InChI=1S/C4H11NO3S.Na/c1-4(2-5)3-9(6,7)8;/h4H,2-3,5H2,1H3,(H,6,7,8);/q;+1/p-1. The van der Waals surface area contributed by atoms with Crippen molar-refractivity contribution in [3.8, 4) is 0 Å². The zero-order chi connectivity index (χ0) is 7.49. The maximum absolute atomic E-state index is 9.99. The van der Waals surface area contributed by atoms with Gasteiger partial charge in [0.1, 0.15) is 0 Å². The van der Waals surface area contributed by atoms with Crippen LogP contribution in [0.5, 0.6) is 0 Å². The molecular formula is C4H10NNaO3S. The zero-order valence-corrected chi connectivity index (χ0v) is 9.02. The van der Waals surface area contributed by atoms with Gasteiger partial charge in [0, 0.05) is 5.75 Å². The summed E-state index contributed by atoms with van der Waals surface area (Å²) in [5.41, 5.74) is 5.08. The van der Waals surface area contributed by atoms with Crippen LogP contribution in [0.1, 0.15) is 6.92 Å². The summed E-state index contributed by atoms with van der Waals surface area (Å²) in [6.45, 7) is 1.86. The van der Waals surface area contributed by atoms with E-state index in [0.717, 1.165) is 0 Å². The van der Waals surface area contributed by atoms with Gasteiger partial charge in [-0.2, -0.15) is 0 Å². The molecule has 0 bridgehead atoms. The van der Waals surface area contributed by atoms with Crippen LogP contribution in [0.4, 0.5) is 0 Å². The molecule has 0 aliphatic rings. The third kappa shape index (κ3) is 8.87. The Morgan fingerprint density at radius 3 is 2.10 bits per heavy atom. The van der Waals surface area contributed by atoms with Crippen LogP contribution in [0.25, 0.3) is 0 Å². The first-order valence-corrected chi connectivity index (χ1v) is 4.17. The number of rotatable bonds is 3. The zero-order valence-electron chi connectivity index (χ0n) is 6.20. The van der Waals surface area contributed by atoms with Gasteiger partial charge >= 0.3 is 29.6 Å². The van der Waals surface area contributed by atoms with E-state index in [1.54, 1.807) is 6.92 Å². The molecule has 0 heterocycles. The van der Waals surface area contributed by atoms with Crippen molar-refractivity contribution in [3.63, 3.8) is 0 Å². The van der Waals surface area contributed by atoms with Gasteiger partial charge in [0.15, 0.2) is 0 Å². The van der Waals surface area contributed by atoms with E-state index in [1.807, 2.05) is 0 Å². The molecule has 10 heavy (non-hydrogen) atoms. The predicted octanol–water partition coefficient (Wildman–Crippen LogP) is -3.87.